The Kier molecular flexibility index (Phi) is 5.84. The van der Waals surface area contributed by atoms with Gasteiger partial charge in [0.05, 0.1) is 12.8 Å². The van der Waals surface area contributed by atoms with Crippen LogP contribution in [0.1, 0.15) is 33.1 Å². The highest BCUT2D eigenvalue weighted by atomic mass is 31.2. The average molecular weight is 306 g/mol. The number of unbranched alkanes of at least 4 members (excludes halogenated alkanes) is 1. The van der Waals surface area contributed by atoms with Gasteiger partial charge in [-0.1, -0.05) is 56.7 Å². The van der Waals surface area contributed by atoms with Gasteiger partial charge in [-0.25, -0.2) is 4.57 Å². The molecule has 0 N–H and O–H groups in total. The van der Waals surface area contributed by atoms with Crippen molar-refractivity contribution >= 4 is 18.4 Å². The van der Waals surface area contributed by atoms with Crippen molar-refractivity contribution in [1.82, 2.24) is 0 Å². The first-order chi connectivity index (χ1) is 10.2. The zero-order valence-corrected chi connectivity index (χ0v) is 13.6. The molecule has 0 bridgehead atoms. The fourth-order valence-corrected chi connectivity index (χ4v) is 4.04. The molecule has 0 fully saturated rings. The Morgan fingerprint density at radius 3 is 2.52 bits per heavy atom. The maximum Gasteiger partial charge on any atom is 0.379 e. The molecule has 0 aromatic heterocycles. The molecule has 114 valence electrons. The summed E-state index contributed by atoms with van der Waals surface area (Å²) in [5, 5.41) is 2.05. The number of hydrogen-bond donors (Lipinski definition) is 0. The van der Waals surface area contributed by atoms with Crippen molar-refractivity contribution in [2.75, 3.05) is 12.8 Å². The van der Waals surface area contributed by atoms with Crippen LogP contribution in [0.2, 0.25) is 0 Å². The highest BCUT2D eigenvalue weighted by molar-refractivity contribution is 7.54. The summed E-state index contributed by atoms with van der Waals surface area (Å²) in [5.74, 6) is 0.642. The van der Waals surface area contributed by atoms with E-state index in [0.29, 0.717) is 18.5 Å². The molecule has 0 saturated carbocycles. The highest BCUT2D eigenvalue weighted by Crippen LogP contribution is 2.50. The number of hydrogen-bond acceptors (Lipinski definition) is 3. The van der Waals surface area contributed by atoms with Gasteiger partial charge in [0.1, 0.15) is 5.75 Å². The first kappa shape index (κ1) is 16.1. The van der Waals surface area contributed by atoms with Crippen LogP contribution in [0.4, 0.5) is 0 Å². The van der Waals surface area contributed by atoms with E-state index >= 15 is 0 Å². The maximum atomic E-state index is 12.9. The Morgan fingerprint density at radius 1 is 1.00 bits per heavy atom. The summed E-state index contributed by atoms with van der Waals surface area (Å²) in [5.41, 5.74) is 0. The molecule has 2 aromatic carbocycles. The molecule has 1 atom stereocenters. The minimum atomic E-state index is -3.08. The first-order valence-corrected chi connectivity index (χ1v) is 9.32. The van der Waals surface area contributed by atoms with Gasteiger partial charge in [0.15, 0.2) is 0 Å². The van der Waals surface area contributed by atoms with E-state index in [4.69, 9.17) is 9.05 Å². The van der Waals surface area contributed by atoms with Crippen molar-refractivity contribution in [3.8, 4) is 5.75 Å². The Balaban J connectivity index is 2.27. The van der Waals surface area contributed by atoms with E-state index in [1.807, 2.05) is 49.4 Å². The van der Waals surface area contributed by atoms with Crippen molar-refractivity contribution < 1.29 is 13.6 Å². The van der Waals surface area contributed by atoms with Crippen molar-refractivity contribution in [2.24, 2.45) is 0 Å². The van der Waals surface area contributed by atoms with Crippen LogP contribution >= 0.6 is 7.60 Å². The molecule has 0 saturated heterocycles. The molecule has 0 amide bonds. The molecule has 0 aliphatic carbocycles. The van der Waals surface area contributed by atoms with Crippen LogP contribution in [-0.2, 0) is 9.09 Å². The normalized spacial score (nSPS) is 14.0. The maximum absolute atomic E-state index is 12.9. The molecule has 0 spiro atoms. The third-order valence-electron chi connectivity index (χ3n) is 3.26. The number of rotatable bonds is 8. The molecule has 0 aliphatic rings. The standard InChI is InChI=1S/C17H23O3P/c1-3-5-14-21(18,19-13-4-2)20-17-12-8-10-15-9-6-7-11-16(15)17/h6-12H,3-5,13-14H2,1-2H3. The van der Waals surface area contributed by atoms with Gasteiger partial charge in [0, 0.05) is 5.39 Å². The fourth-order valence-electron chi connectivity index (χ4n) is 2.14. The Morgan fingerprint density at radius 2 is 1.76 bits per heavy atom. The van der Waals surface area contributed by atoms with E-state index in [2.05, 4.69) is 6.92 Å². The lowest BCUT2D eigenvalue weighted by atomic mass is 10.1. The lowest BCUT2D eigenvalue weighted by Gasteiger charge is -2.20. The molecule has 0 aliphatic heterocycles. The van der Waals surface area contributed by atoms with Gasteiger partial charge in [-0.15, -0.1) is 0 Å². The number of benzene rings is 2. The van der Waals surface area contributed by atoms with Gasteiger partial charge < -0.3 is 4.52 Å². The monoisotopic (exact) mass is 306 g/mol. The molecule has 2 rings (SSSR count). The summed E-state index contributed by atoms with van der Waals surface area (Å²) >= 11 is 0. The molecule has 4 heteroatoms. The zero-order chi connectivity index (χ0) is 15.1. The van der Waals surface area contributed by atoms with Gasteiger partial charge >= 0.3 is 7.60 Å². The van der Waals surface area contributed by atoms with Crippen LogP contribution in [0.5, 0.6) is 5.75 Å². The van der Waals surface area contributed by atoms with Crippen LogP contribution < -0.4 is 4.52 Å². The van der Waals surface area contributed by atoms with E-state index in [-0.39, 0.29) is 0 Å². The van der Waals surface area contributed by atoms with Crippen molar-refractivity contribution in [3.05, 3.63) is 42.5 Å². The minimum Gasteiger partial charge on any atom is -0.424 e. The lowest BCUT2D eigenvalue weighted by Crippen LogP contribution is -2.04. The van der Waals surface area contributed by atoms with Gasteiger partial charge in [0.2, 0.25) is 0 Å². The second kappa shape index (κ2) is 7.63. The smallest absolute Gasteiger partial charge is 0.379 e. The van der Waals surface area contributed by atoms with Crippen LogP contribution in [0.3, 0.4) is 0 Å². The van der Waals surface area contributed by atoms with E-state index in [1.165, 1.54) is 0 Å². The summed E-state index contributed by atoms with van der Waals surface area (Å²) in [6.45, 7) is 4.54. The predicted octanol–water partition coefficient (Wildman–Crippen LogP) is 5.64. The second-order valence-corrected chi connectivity index (χ2v) is 7.20. The highest BCUT2D eigenvalue weighted by Gasteiger charge is 2.25. The van der Waals surface area contributed by atoms with Crippen LogP contribution in [0, 0.1) is 0 Å². The summed E-state index contributed by atoms with van der Waals surface area (Å²) in [7, 11) is -3.08. The summed E-state index contributed by atoms with van der Waals surface area (Å²) in [6, 6.07) is 13.7. The van der Waals surface area contributed by atoms with Crippen LogP contribution in [0.15, 0.2) is 42.5 Å². The van der Waals surface area contributed by atoms with Crippen molar-refractivity contribution in [2.45, 2.75) is 33.1 Å². The van der Waals surface area contributed by atoms with Gasteiger partial charge in [-0.3, -0.25) is 4.52 Å². The molecule has 0 heterocycles. The Labute approximate surface area is 126 Å². The number of fused-ring (bicyclic) bond motifs is 1. The van der Waals surface area contributed by atoms with Crippen LogP contribution in [-0.4, -0.2) is 12.8 Å². The van der Waals surface area contributed by atoms with Crippen molar-refractivity contribution in [3.63, 3.8) is 0 Å². The molecule has 0 radical (unpaired) electrons. The predicted molar refractivity (Wildman–Crippen MR) is 88.2 cm³/mol. The average Bonchev–Trinajstić information content (AvgIpc) is 2.52. The summed E-state index contributed by atoms with van der Waals surface area (Å²) < 4.78 is 24.3. The molecule has 3 nitrogen and oxygen atoms in total. The molecule has 1 unspecified atom stereocenters. The van der Waals surface area contributed by atoms with Gasteiger partial charge in [0.25, 0.3) is 0 Å². The fraction of sp³-hybridized carbons (Fsp3) is 0.412. The summed E-state index contributed by atoms with van der Waals surface area (Å²) in [6.07, 6.45) is 3.10. The van der Waals surface area contributed by atoms with E-state index < -0.39 is 7.60 Å². The SMILES string of the molecule is CCCCP(=O)(OCCC)Oc1cccc2ccccc12. The van der Waals surface area contributed by atoms with Crippen LogP contribution in [0.25, 0.3) is 10.8 Å². The Hall–Kier alpha value is -1.31. The van der Waals surface area contributed by atoms with Gasteiger partial charge in [-0.2, -0.15) is 0 Å². The molecule has 21 heavy (non-hydrogen) atoms. The van der Waals surface area contributed by atoms with E-state index in [0.717, 1.165) is 30.0 Å². The van der Waals surface area contributed by atoms with Crippen molar-refractivity contribution in [1.29, 1.82) is 0 Å². The first-order valence-electron chi connectivity index (χ1n) is 7.59. The molecule has 2 aromatic rings. The second-order valence-electron chi connectivity index (χ2n) is 5.09. The molecular weight excluding hydrogens is 283 g/mol. The minimum absolute atomic E-state index is 0.464. The largest absolute Gasteiger partial charge is 0.424 e. The molecular formula is C17H23O3P. The summed E-state index contributed by atoms with van der Waals surface area (Å²) in [4.78, 5) is 0. The van der Waals surface area contributed by atoms with Gasteiger partial charge in [-0.05, 0) is 24.3 Å². The quantitative estimate of drug-likeness (QED) is 0.592. The lowest BCUT2D eigenvalue weighted by molar-refractivity contribution is 0.265. The third-order valence-corrected chi connectivity index (χ3v) is 5.18. The zero-order valence-electron chi connectivity index (χ0n) is 12.7. The Bertz CT molecular complexity index is 607. The third kappa shape index (κ3) is 4.33. The van der Waals surface area contributed by atoms with E-state index in [1.54, 1.807) is 0 Å². The van der Waals surface area contributed by atoms with E-state index in [9.17, 15) is 4.57 Å². The topological polar surface area (TPSA) is 35.5 Å².